The zero-order valence-electron chi connectivity index (χ0n) is 18.0. The number of ether oxygens (including phenoxy) is 1. The first-order valence-corrected chi connectivity index (χ1v) is 11.0. The second kappa shape index (κ2) is 10.2. The van der Waals surface area contributed by atoms with Crippen molar-refractivity contribution in [2.45, 2.75) is 44.1 Å². The van der Waals surface area contributed by atoms with Gasteiger partial charge in [0.05, 0.1) is 12.0 Å². The van der Waals surface area contributed by atoms with Gasteiger partial charge in [0.2, 0.25) is 0 Å². The Morgan fingerprint density at radius 3 is 2.06 bits per heavy atom. The Balaban J connectivity index is 1.38. The van der Waals surface area contributed by atoms with Crippen LogP contribution in [-0.2, 0) is 21.7 Å². The van der Waals surface area contributed by atoms with Gasteiger partial charge in [0.1, 0.15) is 5.75 Å². The lowest BCUT2D eigenvalue weighted by molar-refractivity contribution is -0.142. The van der Waals surface area contributed by atoms with Crippen LogP contribution in [0.4, 0.5) is 0 Å². The van der Waals surface area contributed by atoms with Crippen molar-refractivity contribution in [2.24, 2.45) is 0 Å². The molecule has 0 aliphatic heterocycles. The Bertz CT molecular complexity index is 1030. The van der Waals surface area contributed by atoms with Crippen LogP contribution in [0.3, 0.4) is 0 Å². The van der Waals surface area contributed by atoms with Crippen LogP contribution in [0.5, 0.6) is 5.75 Å². The summed E-state index contributed by atoms with van der Waals surface area (Å²) in [5.74, 6) is -0.156. The van der Waals surface area contributed by atoms with Crippen LogP contribution in [0, 0.1) is 0 Å². The van der Waals surface area contributed by atoms with Crippen LogP contribution in [-0.4, -0.2) is 11.9 Å². The molecule has 32 heavy (non-hydrogen) atoms. The van der Waals surface area contributed by atoms with Gasteiger partial charge < -0.3 is 4.74 Å². The topological polar surface area (TPSA) is 64.6 Å². The number of carbonyl (C=O) groups excluding carboxylic acids is 2. The lowest BCUT2D eigenvalue weighted by Gasteiger charge is -2.35. The highest BCUT2D eigenvalue weighted by molar-refractivity contribution is 5.93. The summed E-state index contributed by atoms with van der Waals surface area (Å²) in [6.07, 6.45) is 4.72. The summed E-state index contributed by atoms with van der Waals surface area (Å²) in [7, 11) is 0. The van der Waals surface area contributed by atoms with E-state index in [0.717, 1.165) is 43.2 Å². The molecule has 0 atom stereocenters. The maximum Gasteiger partial charge on any atom is 0.321 e. The SMILES string of the molecule is O=C(NOCc1ccccc1)c1ccc(OC(=O)C2(c3ccccc3)CCCCC2)cc1. The van der Waals surface area contributed by atoms with Gasteiger partial charge in [0, 0.05) is 5.56 Å². The molecular formula is C27H27NO4. The third-order valence-electron chi connectivity index (χ3n) is 6.00. The molecule has 0 spiro atoms. The maximum atomic E-state index is 13.3. The quantitative estimate of drug-likeness (QED) is 0.312. The van der Waals surface area contributed by atoms with Crippen LogP contribution >= 0.6 is 0 Å². The minimum Gasteiger partial charge on any atom is -0.426 e. The first-order chi connectivity index (χ1) is 15.7. The maximum absolute atomic E-state index is 13.3. The normalized spacial score (nSPS) is 15.0. The van der Waals surface area contributed by atoms with Gasteiger partial charge in [-0.1, -0.05) is 79.9 Å². The van der Waals surface area contributed by atoms with Crippen molar-refractivity contribution < 1.29 is 19.2 Å². The first-order valence-electron chi connectivity index (χ1n) is 11.0. The van der Waals surface area contributed by atoms with Crippen molar-refractivity contribution in [2.75, 3.05) is 0 Å². The smallest absolute Gasteiger partial charge is 0.321 e. The highest BCUT2D eigenvalue weighted by Crippen LogP contribution is 2.40. The van der Waals surface area contributed by atoms with Gasteiger partial charge in [-0.2, -0.15) is 0 Å². The van der Waals surface area contributed by atoms with Crippen LogP contribution in [0.25, 0.3) is 0 Å². The Kier molecular flexibility index (Phi) is 6.97. The molecule has 0 aromatic heterocycles. The molecule has 1 aliphatic rings. The molecule has 0 radical (unpaired) electrons. The van der Waals surface area contributed by atoms with Gasteiger partial charge in [0.25, 0.3) is 5.91 Å². The standard InChI is InChI=1S/C27H27NO4/c29-25(28-31-20-21-10-4-1-5-11-21)22-14-16-24(17-15-22)32-26(30)27(18-8-3-9-19-27)23-12-6-2-7-13-23/h1-2,4-7,10-17H,3,8-9,18-20H2,(H,28,29). The molecule has 0 bridgehead atoms. The number of carbonyl (C=O) groups is 2. The zero-order chi connectivity index (χ0) is 22.2. The summed E-state index contributed by atoms with van der Waals surface area (Å²) in [6.45, 7) is 0.282. The molecule has 0 saturated heterocycles. The van der Waals surface area contributed by atoms with E-state index in [-0.39, 0.29) is 18.5 Å². The molecule has 1 amide bonds. The molecule has 164 valence electrons. The fourth-order valence-corrected chi connectivity index (χ4v) is 4.22. The molecule has 0 unspecified atom stereocenters. The van der Waals surface area contributed by atoms with E-state index in [2.05, 4.69) is 5.48 Å². The van der Waals surface area contributed by atoms with Crippen molar-refractivity contribution in [1.29, 1.82) is 0 Å². The molecule has 1 fully saturated rings. The summed E-state index contributed by atoms with van der Waals surface area (Å²) in [4.78, 5) is 30.9. The molecule has 5 heteroatoms. The molecule has 4 rings (SSSR count). The number of esters is 1. The molecule has 3 aromatic rings. The predicted octanol–water partition coefficient (Wildman–Crippen LogP) is 5.36. The van der Waals surface area contributed by atoms with E-state index in [1.807, 2.05) is 60.7 Å². The average molecular weight is 430 g/mol. The van der Waals surface area contributed by atoms with Gasteiger partial charge in [-0.15, -0.1) is 0 Å². The van der Waals surface area contributed by atoms with Crippen molar-refractivity contribution in [3.63, 3.8) is 0 Å². The predicted molar refractivity (Wildman–Crippen MR) is 122 cm³/mol. The Morgan fingerprint density at radius 1 is 0.781 bits per heavy atom. The largest absolute Gasteiger partial charge is 0.426 e. The molecule has 5 nitrogen and oxygen atoms in total. The van der Waals surface area contributed by atoms with E-state index in [4.69, 9.17) is 9.57 Å². The Labute approximate surface area is 188 Å². The lowest BCUT2D eigenvalue weighted by Crippen LogP contribution is -2.41. The van der Waals surface area contributed by atoms with Crippen molar-refractivity contribution in [3.05, 3.63) is 102 Å². The minimum absolute atomic E-state index is 0.230. The molecule has 1 N–H and O–H groups in total. The third-order valence-corrected chi connectivity index (χ3v) is 6.00. The van der Waals surface area contributed by atoms with Crippen LogP contribution in [0.1, 0.15) is 53.6 Å². The monoisotopic (exact) mass is 429 g/mol. The second-order valence-corrected chi connectivity index (χ2v) is 8.13. The molecule has 1 aliphatic carbocycles. The summed E-state index contributed by atoms with van der Waals surface area (Å²) in [5.41, 5.74) is 4.23. The summed E-state index contributed by atoms with van der Waals surface area (Å²) in [6, 6.07) is 26.0. The Hall–Kier alpha value is -3.44. The summed E-state index contributed by atoms with van der Waals surface area (Å²) >= 11 is 0. The van der Waals surface area contributed by atoms with Gasteiger partial charge in [-0.05, 0) is 48.2 Å². The number of rotatable bonds is 7. The van der Waals surface area contributed by atoms with Crippen molar-refractivity contribution >= 4 is 11.9 Å². The van der Waals surface area contributed by atoms with Gasteiger partial charge in [-0.3, -0.25) is 14.4 Å². The highest BCUT2D eigenvalue weighted by atomic mass is 16.6. The van der Waals surface area contributed by atoms with E-state index < -0.39 is 5.41 Å². The van der Waals surface area contributed by atoms with E-state index in [1.54, 1.807) is 24.3 Å². The molecule has 1 saturated carbocycles. The van der Waals surface area contributed by atoms with Gasteiger partial charge >= 0.3 is 5.97 Å². The number of amides is 1. The van der Waals surface area contributed by atoms with Crippen LogP contribution in [0.15, 0.2) is 84.9 Å². The fourth-order valence-electron chi connectivity index (χ4n) is 4.22. The number of nitrogens with one attached hydrogen (secondary N) is 1. The van der Waals surface area contributed by atoms with E-state index >= 15 is 0 Å². The zero-order valence-corrected chi connectivity index (χ0v) is 18.0. The first kappa shape index (κ1) is 21.8. The van der Waals surface area contributed by atoms with E-state index in [9.17, 15) is 9.59 Å². The van der Waals surface area contributed by atoms with Gasteiger partial charge in [0.15, 0.2) is 0 Å². The van der Waals surface area contributed by atoms with Crippen LogP contribution in [0.2, 0.25) is 0 Å². The molecular weight excluding hydrogens is 402 g/mol. The van der Waals surface area contributed by atoms with E-state index in [0.29, 0.717) is 11.3 Å². The lowest BCUT2D eigenvalue weighted by atomic mass is 9.69. The van der Waals surface area contributed by atoms with Crippen molar-refractivity contribution in [1.82, 2.24) is 5.48 Å². The highest BCUT2D eigenvalue weighted by Gasteiger charge is 2.42. The van der Waals surface area contributed by atoms with E-state index in [1.165, 1.54) is 0 Å². The minimum atomic E-state index is -0.610. The summed E-state index contributed by atoms with van der Waals surface area (Å²) in [5, 5.41) is 0. The number of hydrogen-bond donors (Lipinski definition) is 1. The molecule has 0 heterocycles. The van der Waals surface area contributed by atoms with Gasteiger partial charge in [-0.25, -0.2) is 5.48 Å². The third kappa shape index (κ3) is 5.06. The molecule has 3 aromatic carbocycles. The second-order valence-electron chi connectivity index (χ2n) is 8.13. The van der Waals surface area contributed by atoms with Crippen LogP contribution < -0.4 is 10.2 Å². The number of hydrogen-bond acceptors (Lipinski definition) is 4. The fraction of sp³-hybridized carbons (Fsp3) is 0.259. The number of benzene rings is 3. The average Bonchev–Trinajstić information content (AvgIpc) is 2.86. The summed E-state index contributed by atoms with van der Waals surface area (Å²) < 4.78 is 5.78. The van der Waals surface area contributed by atoms with Crippen molar-refractivity contribution in [3.8, 4) is 5.75 Å². The number of hydroxylamine groups is 1. The Morgan fingerprint density at radius 2 is 1.41 bits per heavy atom.